The highest BCUT2D eigenvalue weighted by molar-refractivity contribution is 9.08. The Hall–Kier alpha value is -5.18. The number of hydrogen-bond acceptors (Lipinski definition) is 9. The number of aromatic nitrogens is 4. The maximum absolute atomic E-state index is 9.51. The van der Waals surface area contributed by atoms with Gasteiger partial charge in [0.25, 0.3) is 0 Å². The Kier molecular flexibility index (Phi) is 22.2. The van der Waals surface area contributed by atoms with Gasteiger partial charge in [-0.1, -0.05) is 119 Å². The quantitative estimate of drug-likeness (QED) is 0.0157. The van der Waals surface area contributed by atoms with Gasteiger partial charge in [0.15, 0.2) is 38.2 Å². The van der Waals surface area contributed by atoms with Crippen LogP contribution in [0, 0.1) is 0 Å². The van der Waals surface area contributed by atoms with Gasteiger partial charge < -0.3 is 85.9 Å². The summed E-state index contributed by atoms with van der Waals surface area (Å²) < 4.78 is 6.53. The van der Waals surface area contributed by atoms with Crippen molar-refractivity contribution < 1.29 is 105 Å². The third kappa shape index (κ3) is 14.5. The fourth-order valence-electron chi connectivity index (χ4n) is 8.39. The van der Waals surface area contributed by atoms with Crippen molar-refractivity contribution in [3.05, 3.63) is 217 Å². The molecule has 20 heteroatoms. The van der Waals surface area contributed by atoms with Crippen LogP contribution in [-0.2, 0) is 29.8 Å². The molecule has 1 radical (unpaired) electrons. The fourth-order valence-corrected chi connectivity index (χ4v) is 8.74. The molecule has 72 heavy (non-hydrogen) atoms. The molecule has 4 heterocycles. The summed E-state index contributed by atoms with van der Waals surface area (Å²) in [6.07, 6.45) is 7.94. The summed E-state index contributed by atoms with van der Waals surface area (Å²) in [5, 5.41) is 69.3. The maximum atomic E-state index is 9.51. The van der Waals surface area contributed by atoms with Crippen molar-refractivity contribution in [1.82, 2.24) is 4.98 Å². The van der Waals surface area contributed by atoms with E-state index in [1.165, 1.54) is 7.48 Å². The van der Waals surface area contributed by atoms with E-state index in [1.54, 1.807) is 36.5 Å². The molecule has 0 unspecified atom stereocenters. The number of pyridine rings is 4. The molecule has 0 atom stereocenters. The highest BCUT2D eigenvalue weighted by Gasteiger charge is 2.20. The lowest BCUT2D eigenvalue weighted by Crippen LogP contribution is -3.00. The van der Waals surface area contributed by atoms with Crippen molar-refractivity contribution in [2.45, 2.75) is 25.0 Å². The SMILES string of the molecule is OB(O)c1cccc(CBr)c1.OB(O)c1cccc(C[n+]2cccc3c4cccnc4ccc32)c1.OO[B]c1cccc(C[n+]2cccc3c4ccc[n+](Cc5cccc(B(O)O)c5)c4ccc32)c1.[Br-].[Br-].[Br-]. The smallest absolute Gasteiger partial charge is 0.488 e. The first-order valence-corrected chi connectivity index (χ1v) is 23.2. The van der Waals surface area contributed by atoms with Crippen LogP contribution < -0.4 is 86.5 Å². The standard InChI is InChI=1S/C26H22B2N2O4.C19H16BN2O2.C7H8BBrO2.3BrH/c31-28(32)22-8-2-6-20(16-22)18-30-14-4-10-24-23-9-3-13-29(25(23)11-12-26(24)30)17-19-5-1-7-21(15-19)27-34-33;23-20(24)15-5-1-4-14(12-15)13-22-11-3-7-17-16-6-2-10-21-18(16)8-9-19(17)22;9-5-6-2-1-3-7(4-6)8(10)11;;;/h1-16,31-32H,17-18H2;1-12,23-24H,13H2;1-4,10-11H,5H2;3*1H/q2*+1;;;;/p-2. The molecule has 0 aliphatic carbocycles. The Balaban J connectivity index is 0.000000221. The van der Waals surface area contributed by atoms with Gasteiger partial charge in [-0.25, -0.2) is 0 Å². The fraction of sp³-hybridized carbons (Fsp3) is 0.0769. The van der Waals surface area contributed by atoms with Gasteiger partial charge in [-0.15, -0.1) is 0 Å². The van der Waals surface area contributed by atoms with Crippen LogP contribution in [-0.4, -0.2) is 69.2 Å². The zero-order valence-electron chi connectivity index (χ0n) is 38.5. The summed E-state index contributed by atoms with van der Waals surface area (Å²) in [4.78, 5) is 8.58. The molecule has 0 spiro atoms. The molecule has 0 fully saturated rings. The van der Waals surface area contributed by atoms with Crippen molar-refractivity contribution in [1.29, 1.82) is 0 Å². The third-order valence-electron chi connectivity index (χ3n) is 11.7. The molecule has 0 saturated heterocycles. The predicted octanol–water partition coefficient (Wildman–Crippen LogP) is -6.24. The lowest BCUT2D eigenvalue weighted by molar-refractivity contribution is -0.664. The minimum absolute atomic E-state index is 0. The maximum Gasteiger partial charge on any atom is 0.488 e. The zero-order chi connectivity index (χ0) is 48.3. The topological polar surface area (TPSA) is 175 Å². The Bertz CT molecular complexity index is 3390. The van der Waals surface area contributed by atoms with E-state index in [4.69, 9.17) is 15.3 Å². The lowest BCUT2D eigenvalue weighted by atomic mass is 9.79. The monoisotopic (exact) mass is 1220 g/mol. The Labute approximate surface area is 458 Å². The summed E-state index contributed by atoms with van der Waals surface area (Å²) in [6.45, 7) is 1.95. The van der Waals surface area contributed by atoms with Crippen molar-refractivity contribution in [2.24, 2.45) is 0 Å². The molecule has 363 valence electrons. The molecule has 0 aliphatic rings. The molecule has 0 saturated carbocycles. The van der Waals surface area contributed by atoms with E-state index in [2.05, 4.69) is 94.1 Å². The Morgan fingerprint density at radius 3 is 1.28 bits per heavy atom. The van der Waals surface area contributed by atoms with Crippen LogP contribution in [0.1, 0.15) is 22.3 Å². The van der Waals surface area contributed by atoms with Gasteiger partial charge in [-0.2, -0.15) is 13.7 Å². The third-order valence-corrected chi connectivity index (χ3v) is 12.3. The van der Waals surface area contributed by atoms with Crippen LogP contribution in [0.5, 0.6) is 0 Å². The number of halogens is 4. The molecular formula is C52H47B4Br4N4O8. The van der Waals surface area contributed by atoms with Gasteiger partial charge in [-0.05, 0) is 57.7 Å². The summed E-state index contributed by atoms with van der Waals surface area (Å²) in [5.41, 5.74) is 10.8. The van der Waals surface area contributed by atoms with E-state index in [0.29, 0.717) is 36.0 Å². The van der Waals surface area contributed by atoms with E-state index in [1.807, 2.05) is 103 Å². The van der Waals surface area contributed by atoms with Crippen molar-refractivity contribution in [3.8, 4) is 0 Å². The van der Waals surface area contributed by atoms with Crippen LogP contribution in [0.15, 0.2) is 195 Å². The predicted molar refractivity (Wildman–Crippen MR) is 276 cm³/mol. The van der Waals surface area contributed by atoms with Crippen molar-refractivity contribution in [2.75, 3.05) is 0 Å². The Morgan fingerprint density at radius 2 is 0.833 bits per heavy atom. The minimum Gasteiger partial charge on any atom is -1.00 e. The first-order valence-electron chi connectivity index (χ1n) is 22.1. The first-order chi connectivity index (χ1) is 33.6. The summed E-state index contributed by atoms with van der Waals surface area (Å²) in [5.74, 6) is 0. The minimum atomic E-state index is -1.48. The molecule has 12 nitrogen and oxygen atoms in total. The second-order valence-corrected chi connectivity index (χ2v) is 16.9. The molecular weight excluding hydrogens is 1170 g/mol. The molecule has 10 rings (SSSR count). The van der Waals surface area contributed by atoms with Gasteiger partial charge in [0, 0.05) is 70.0 Å². The van der Waals surface area contributed by atoms with E-state index in [9.17, 15) is 20.1 Å². The van der Waals surface area contributed by atoms with E-state index >= 15 is 0 Å². The molecule has 0 amide bonds. The average molecular weight is 1220 g/mol. The second kappa shape index (κ2) is 27.8. The van der Waals surface area contributed by atoms with Crippen LogP contribution in [0.2, 0.25) is 0 Å². The van der Waals surface area contributed by atoms with Gasteiger partial charge in [-0.3, -0.25) is 10.2 Å². The second-order valence-electron chi connectivity index (χ2n) is 16.4. The van der Waals surface area contributed by atoms with Crippen LogP contribution >= 0.6 is 15.9 Å². The summed E-state index contributed by atoms with van der Waals surface area (Å²) in [6, 6.07) is 54.6. The zero-order valence-corrected chi connectivity index (χ0v) is 44.8. The largest absolute Gasteiger partial charge is 1.00 e. The lowest BCUT2D eigenvalue weighted by Gasteiger charge is -2.07. The number of rotatable bonds is 12. The normalized spacial score (nSPS) is 10.4. The highest BCUT2D eigenvalue weighted by atomic mass is 79.9. The van der Waals surface area contributed by atoms with Crippen LogP contribution in [0.3, 0.4) is 0 Å². The summed E-state index contributed by atoms with van der Waals surface area (Å²) in [7, 11) is -2.99. The molecule has 7 N–H and O–H groups in total. The number of hydrogen-bond donors (Lipinski definition) is 7. The highest BCUT2D eigenvalue weighted by Crippen LogP contribution is 2.23. The van der Waals surface area contributed by atoms with Crippen LogP contribution in [0.4, 0.5) is 0 Å². The molecule has 0 bridgehead atoms. The van der Waals surface area contributed by atoms with Gasteiger partial charge in [0.05, 0.1) is 21.7 Å². The average Bonchev–Trinajstić information content (AvgIpc) is 3.37. The number of fused-ring (bicyclic) bond motifs is 6. The number of alkyl halides is 1. The van der Waals surface area contributed by atoms with Crippen molar-refractivity contribution >= 4 is 110 Å². The Morgan fingerprint density at radius 1 is 0.444 bits per heavy atom. The van der Waals surface area contributed by atoms with Crippen molar-refractivity contribution in [3.63, 3.8) is 0 Å². The van der Waals surface area contributed by atoms with Gasteiger partial charge in [0.2, 0.25) is 16.6 Å². The van der Waals surface area contributed by atoms with Gasteiger partial charge >= 0.3 is 28.8 Å². The molecule has 10 aromatic rings. The van der Waals surface area contributed by atoms with Gasteiger partial charge in [0.1, 0.15) is 0 Å². The molecule has 0 aliphatic heterocycles. The number of benzene rings is 6. The first kappa shape index (κ1) is 57.7. The van der Waals surface area contributed by atoms with Crippen LogP contribution in [0.25, 0.3) is 43.6 Å². The van der Waals surface area contributed by atoms with E-state index in [0.717, 1.165) is 76.7 Å². The molecule has 6 aromatic carbocycles. The van der Waals surface area contributed by atoms with E-state index in [-0.39, 0.29) is 50.9 Å². The summed E-state index contributed by atoms with van der Waals surface area (Å²) >= 11 is 3.28. The van der Waals surface area contributed by atoms with E-state index < -0.39 is 21.4 Å². The number of nitrogens with zero attached hydrogens (tertiary/aromatic N) is 4. The molecule has 4 aromatic heterocycles.